The van der Waals surface area contributed by atoms with Gasteiger partial charge in [0.15, 0.2) is 0 Å². The predicted molar refractivity (Wildman–Crippen MR) is 48.9 cm³/mol. The van der Waals surface area contributed by atoms with E-state index in [1.165, 1.54) is 0 Å². The molecule has 0 aromatic rings. The van der Waals surface area contributed by atoms with Crippen molar-refractivity contribution in [1.29, 1.82) is 0 Å². The van der Waals surface area contributed by atoms with Crippen LogP contribution in [-0.2, 0) is 4.79 Å². The number of amides is 1. The summed E-state index contributed by atoms with van der Waals surface area (Å²) in [6.07, 6.45) is 3.17. The SMILES string of the molecule is C=CCC(=O)N(C)C1CCNC1. The van der Waals surface area contributed by atoms with Gasteiger partial charge in [-0.2, -0.15) is 0 Å². The van der Waals surface area contributed by atoms with Crippen molar-refractivity contribution in [2.75, 3.05) is 20.1 Å². The van der Waals surface area contributed by atoms with Gasteiger partial charge in [0.25, 0.3) is 0 Å². The van der Waals surface area contributed by atoms with E-state index >= 15 is 0 Å². The van der Waals surface area contributed by atoms with Crippen molar-refractivity contribution in [3.63, 3.8) is 0 Å². The van der Waals surface area contributed by atoms with Crippen LogP contribution in [0.25, 0.3) is 0 Å². The highest BCUT2D eigenvalue weighted by Gasteiger charge is 2.21. The first kappa shape index (κ1) is 9.26. The normalized spacial score (nSPS) is 22.2. The van der Waals surface area contributed by atoms with Gasteiger partial charge in [-0.25, -0.2) is 0 Å². The molecule has 0 aromatic carbocycles. The van der Waals surface area contributed by atoms with Crippen molar-refractivity contribution in [3.8, 4) is 0 Å². The second-order valence-corrected chi connectivity index (χ2v) is 3.14. The fraction of sp³-hybridized carbons (Fsp3) is 0.667. The summed E-state index contributed by atoms with van der Waals surface area (Å²) >= 11 is 0. The highest BCUT2D eigenvalue weighted by atomic mass is 16.2. The van der Waals surface area contributed by atoms with Crippen molar-refractivity contribution in [2.24, 2.45) is 0 Å². The van der Waals surface area contributed by atoms with Crippen LogP contribution in [0.1, 0.15) is 12.8 Å². The average Bonchev–Trinajstić information content (AvgIpc) is 2.55. The lowest BCUT2D eigenvalue weighted by atomic mass is 10.2. The molecule has 3 nitrogen and oxygen atoms in total. The molecule has 0 bridgehead atoms. The Hall–Kier alpha value is -0.830. The Kier molecular flexibility index (Phi) is 3.29. The standard InChI is InChI=1S/C9H16N2O/c1-3-4-9(12)11(2)8-5-6-10-7-8/h3,8,10H,1,4-7H2,2H3. The van der Waals surface area contributed by atoms with E-state index in [2.05, 4.69) is 11.9 Å². The minimum absolute atomic E-state index is 0.165. The molecule has 0 aliphatic carbocycles. The number of hydrogen-bond donors (Lipinski definition) is 1. The molecule has 0 saturated carbocycles. The first-order chi connectivity index (χ1) is 5.75. The first-order valence-electron chi connectivity index (χ1n) is 4.33. The maximum absolute atomic E-state index is 11.4. The maximum atomic E-state index is 11.4. The highest BCUT2D eigenvalue weighted by Crippen LogP contribution is 2.07. The topological polar surface area (TPSA) is 32.3 Å². The average molecular weight is 168 g/mol. The van der Waals surface area contributed by atoms with Crippen molar-refractivity contribution in [3.05, 3.63) is 12.7 Å². The molecule has 1 unspecified atom stereocenters. The molecule has 0 spiro atoms. The number of hydrogen-bond acceptors (Lipinski definition) is 2. The van der Waals surface area contributed by atoms with Crippen LogP contribution < -0.4 is 5.32 Å². The molecule has 1 aliphatic heterocycles. The zero-order chi connectivity index (χ0) is 8.97. The van der Waals surface area contributed by atoms with E-state index in [4.69, 9.17) is 0 Å². The molecule has 1 heterocycles. The lowest BCUT2D eigenvalue weighted by Crippen LogP contribution is -2.37. The zero-order valence-electron chi connectivity index (χ0n) is 7.55. The molecule has 1 atom stereocenters. The summed E-state index contributed by atoms with van der Waals surface area (Å²) in [6.45, 7) is 5.50. The molecule has 12 heavy (non-hydrogen) atoms. The summed E-state index contributed by atoms with van der Waals surface area (Å²) in [5, 5.41) is 3.23. The van der Waals surface area contributed by atoms with Crippen LogP contribution in [0.3, 0.4) is 0 Å². The Labute approximate surface area is 73.4 Å². The zero-order valence-corrected chi connectivity index (χ0v) is 7.55. The van der Waals surface area contributed by atoms with Crippen LogP contribution in [0.5, 0.6) is 0 Å². The van der Waals surface area contributed by atoms with Crippen LogP contribution in [0.15, 0.2) is 12.7 Å². The van der Waals surface area contributed by atoms with Gasteiger partial charge in [-0.15, -0.1) is 6.58 Å². The second kappa shape index (κ2) is 4.26. The summed E-state index contributed by atoms with van der Waals surface area (Å²) in [5.41, 5.74) is 0. The first-order valence-corrected chi connectivity index (χ1v) is 4.33. The largest absolute Gasteiger partial charge is 0.341 e. The van der Waals surface area contributed by atoms with Gasteiger partial charge in [0.05, 0.1) is 0 Å². The lowest BCUT2D eigenvalue weighted by Gasteiger charge is -2.23. The van der Waals surface area contributed by atoms with E-state index in [1.54, 1.807) is 6.08 Å². The summed E-state index contributed by atoms with van der Waals surface area (Å²) < 4.78 is 0. The van der Waals surface area contributed by atoms with E-state index in [-0.39, 0.29) is 5.91 Å². The molecule has 0 aromatic heterocycles. The van der Waals surface area contributed by atoms with Gasteiger partial charge >= 0.3 is 0 Å². The Balaban J connectivity index is 2.39. The van der Waals surface area contributed by atoms with E-state index < -0.39 is 0 Å². The second-order valence-electron chi connectivity index (χ2n) is 3.14. The fourth-order valence-electron chi connectivity index (χ4n) is 1.44. The molecule has 68 valence electrons. The molecule has 1 amide bonds. The van der Waals surface area contributed by atoms with E-state index in [1.807, 2.05) is 11.9 Å². The van der Waals surface area contributed by atoms with Gasteiger partial charge in [0.1, 0.15) is 0 Å². The third-order valence-corrected chi connectivity index (χ3v) is 2.29. The monoisotopic (exact) mass is 168 g/mol. The molecule has 1 fully saturated rings. The predicted octanol–water partition coefficient (Wildman–Crippen LogP) is 0.383. The third kappa shape index (κ3) is 2.08. The van der Waals surface area contributed by atoms with Gasteiger partial charge < -0.3 is 10.2 Å². The number of likely N-dealkylation sites (N-methyl/N-ethyl adjacent to an activating group) is 1. The summed E-state index contributed by atoms with van der Waals surface area (Å²) in [4.78, 5) is 13.2. The number of nitrogens with zero attached hydrogens (tertiary/aromatic N) is 1. The number of carbonyl (C=O) groups is 1. The Morgan fingerprint density at radius 1 is 1.83 bits per heavy atom. The fourth-order valence-corrected chi connectivity index (χ4v) is 1.44. The Morgan fingerprint density at radius 3 is 3.08 bits per heavy atom. The van der Waals surface area contributed by atoms with Gasteiger partial charge in [0, 0.05) is 26.1 Å². The molecule has 3 heteroatoms. The summed E-state index contributed by atoms with van der Waals surface area (Å²) in [5.74, 6) is 0.165. The van der Waals surface area contributed by atoms with Gasteiger partial charge in [0.2, 0.25) is 5.91 Å². The minimum Gasteiger partial charge on any atom is -0.341 e. The van der Waals surface area contributed by atoms with Crippen molar-refractivity contribution < 1.29 is 4.79 Å². The maximum Gasteiger partial charge on any atom is 0.226 e. The van der Waals surface area contributed by atoms with Gasteiger partial charge in [-0.3, -0.25) is 4.79 Å². The molecule has 1 N–H and O–H groups in total. The number of carbonyl (C=O) groups excluding carboxylic acids is 1. The van der Waals surface area contributed by atoms with Gasteiger partial charge in [-0.05, 0) is 13.0 Å². The summed E-state index contributed by atoms with van der Waals surface area (Å²) in [6, 6.07) is 0.387. The Bertz CT molecular complexity index is 173. The van der Waals surface area contributed by atoms with Crippen LogP contribution >= 0.6 is 0 Å². The van der Waals surface area contributed by atoms with E-state index in [9.17, 15) is 4.79 Å². The summed E-state index contributed by atoms with van der Waals surface area (Å²) in [7, 11) is 1.86. The quantitative estimate of drug-likeness (QED) is 0.618. The number of rotatable bonds is 3. The molecule has 1 rings (SSSR count). The van der Waals surface area contributed by atoms with E-state index in [0.717, 1.165) is 19.5 Å². The molecule has 1 saturated heterocycles. The van der Waals surface area contributed by atoms with Crippen molar-refractivity contribution in [1.82, 2.24) is 10.2 Å². The van der Waals surface area contributed by atoms with Crippen molar-refractivity contribution in [2.45, 2.75) is 18.9 Å². The van der Waals surface area contributed by atoms with Crippen molar-refractivity contribution >= 4 is 5.91 Å². The number of nitrogens with one attached hydrogen (secondary N) is 1. The van der Waals surface area contributed by atoms with Crippen LogP contribution in [0.4, 0.5) is 0 Å². The molecular weight excluding hydrogens is 152 g/mol. The van der Waals surface area contributed by atoms with Crippen LogP contribution in [-0.4, -0.2) is 37.0 Å². The third-order valence-electron chi connectivity index (χ3n) is 2.29. The van der Waals surface area contributed by atoms with E-state index in [0.29, 0.717) is 12.5 Å². The molecular formula is C9H16N2O. The highest BCUT2D eigenvalue weighted by molar-refractivity contribution is 5.77. The molecule has 1 aliphatic rings. The smallest absolute Gasteiger partial charge is 0.226 e. The lowest BCUT2D eigenvalue weighted by molar-refractivity contribution is -0.130. The van der Waals surface area contributed by atoms with Crippen LogP contribution in [0.2, 0.25) is 0 Å². The molecule has 0 radical (unpaired) electrons. The van der Waals surface area contributed by atoms with Gasteiger partial charge in [-0.1, -0.05) is 6.08 Å². The Morgan fingerprint density at radius 2 is 2.58 bits per heavy atom. The minimum atomic E-state index is 0.165. The van der Waals surface area contributed by atoms with Crippen LogP contribution in [0, 0.1) is 0 Å².